The van der Waals surface area contributed by atoms with Crippen molar-refractivity contribution in [2.45, 2.75) is 19.3 Å². The number of hydrogen-bond donors (Lipinski definition) is 0. The van der Waals surface area contributed by atoms with Gasteiger partial charge in [-0.25, -0.2) is 0 Å². The maximum atomic E-state index is 13.1. The molecule has 0 radical (unpaired) electrons. The molecule has 2 aromatic rings. The van der Waals surface area contributed by atoms with Crippen LogP contribution in [0.2, 0.25) is 5.02 Å². The van der Waals surface area contributed by atoms with Gasteiger partial charge in [-0.05, 0) is 24.1 Å². The SMILES string of the molecule is CCCOC(=O)C(C(=O)c1c(Cl)cccc1OC)c1ccccc1.O=P. The predicted molar refractivity (Wildman–Crippen MR) is 102 cm³/mol. The van der Waals surface area contributed by atoms with Gasteiger partial charge >= 0.3 is 5.97 Å². The molecule has 0 bridgehead atoms. The van der Waals surface area contributed by atoms with Gasteiger partial charge in [-0.2, -0.15) is 0 Å². The molecule has 0 amide bonds. The Kier molecular flexibility index (Phi) is 9.56. The van der Waals surface area contributed by atoms with Crippen LogP contribution in [0.3, 0.4) is 0 Å². The molecular weight excluding hydrogens is 375 g/mol. The summed E-state index contributed by atoms with van der Waals surface area (Å²) in [4.78, 5) is 25.6. The van der Waals surface area contributed by atoms with Crippen LogP contribution in [0, 0.1) is 0 Å². The normalized spacial score (nSPS) is 10.9. The highest BCUT2D eigenvalue weighted by Gasteiger charge is 2.33. The van der Waals surface area contributed by atoms with Crippen LogP contribution in [-0.2, 0) is 14.1 Å². The fourth-order valence-corrected chi connectivity index (χ4v) is 2.64. The molecule has 0 N–H and O–H groups in total. The van der Waals surface area contributed by atoms with Gasteiger partial charge in [-0.3, -0.25) is 14.2 Å². The quantitative estimate of drug-likeness (QED) is 0.293. The zero-order valence-corrected chi connectivity index (χ0v) is 16.3. The van der Waals surface area contributed by atoms with Gasteiger partial charge < -0.3 is 9.47 Å². The molecule has 0 aromatic heterocycles. The van der Waals surface area contributed by atoms with Gasteiger partial charge in [0, 0.05) is 0 Å². The van der Waals surface area contributed by atoms with Crippen LogP contribution >= 0.6 is 20.7 Å². The summed E-state index contributed by atoms with van der Waals surface area (Å²) in [5.74, 6) is -1.77. The smallest absolute Gasteiger partial charge is 0.321 e. The molecule has 0 aliphatic carbocycles. The van der Waals surface area contributed by atoms with Crippen molar-refractivity contribution in [2.75, 3.05) is 13.7 Å². The van der Waals surface area contributed by atoms with E-state index in [0.717, 1.165) is 0 Å². The standard InChI is InChI=1S/C19H19ClO4.HOP/c1-3-12-24-19(22)16(13-8-5-4-6-9-13)18(21)17-14(20)10-7-11-15(17)23-2;1-2/h4-11,16H,3,12H2,1-2H3;2H. The molecule has 26 heavy (non-hydrogen) atoms. The number of ether oxygens (including phenoxy) is 2. The van der Waals surface area contributed by atoms with Crippen LogP contribution in [0.1, 0.15) is 35.2 Å². The lowest BCUT2D eigenvalue weighted by Crippen LogP contribution is -2.25. The van der Waals surface area contributed by atoms with E-state index in [-0.39, 0.29) is 17.2 Å². The van der Waals surface area contributed by atoms with Crippen molar-refractivity contribution in [1.82, 2.24) is 0 Å². The van der Waals surface area contributed by atoms with Crippen LogP contribution in [0.4, 0.5) is 0 Å². The third kappa shape index (κ3) is 5.38. The Labute approximate surface area is 159 Å². The molecule has 1 unspecified atom stereocenters. The number of hydrogen-bond acceptors (Lipinski definition) is 5. The highest BCUT2D eigenvalue weighted by molar-refractivity contribution is 7.00. The number of Topliss-reactive ketones (excluding diaryl/α,β-unsaturated/α-hetero) is 1. The van der Waals surface area contributed by atoms with Crippen LogP contribution in [-0.4, -0.2) is 25.5 Å². The molecule has 0 fully saturated rings. The molecule has 0 aliphatic rings. The summed E-state index contributed by atoms with van der Waals surface area (Å²) in [5, 5.41) is 0.239. The van der Waals surface area contributed by atoms with E-state index in [1.807, 2.05) is 13.0 Å². The number of esters is 1. The summed E-state index contributed by atoms with van der Waals surface area (Å²) >= 11 is 6.19. The van der Waals surface area contributed by atoms with E-state index in [9.17, 15) is 9.59 Å². The maximum absolute atomic E-state index is 13.1. The van der Waals surface area contributed by atoms with Crippen molar-refractivity contribution in [3.05, 3.63) is 64.7 Å². The Morgan fingerprint density at radius 2 is 1.73 bits per heavy atom. The van der Waals surface area contributed by atoms with Gasteiger partial charge in [-0.15, -0.1) is 0 Å². The summed E-state index contributed by atoms with van der Waals surface area (Å²) < 4.78 is 18.5. The first-order valence-electron chi connectivity index (χ1n) is 7.88. The molecule has 138 valence electrons. The second-order valence-corrected chi connectivity index (χ2v) is 5.60. The van der Waals surface area contributed by atoms with Gasteiger partial charge in [0.1, 0.15) is 20.8 Å². The fourth-order valence-electron chi connectivity index (χ4n) is 2.38. The number of carbonyl (C=O) groups is 2. The predicted octanol–water partition coefficient (Wildman–Crippen LogP) is 4.74. The van der Waals surface area contributed by atoms with E-state index >= 15 is 0 Å². The zero-order chi connectivity index (χ0) is 19.5. The van der Waals surface area contributed by atoms with E-state index in [4.69, 9.17) is 25.6 Å². The van der Waals surface area contributed by atoms with Crippen molar-refractivity contribution < 1.29 is 23.6 Å². The summed E-state index contributed by atoms with van der Waals surface area (Å²) in [6, 6.07) is 13.7. The minimum atomic E-state index is -1.08. The van der Waals surface area contributed by atoms with Crippen LogP contribution < -0.4 is 4.74 Å². The summed E-state index contributed by atoms with van der Waals surface area (Å²) in [5.41, 5.74) is 0.745. The average molecular weight is 395 g/mol. The Morgan fingerprint density at radius 1 is 1.08 bits per heavy atom. The molecule has 0 saturated carbocycles. The van der Waals surface area contributed by atoms with Crippen molar-refractivity contribution >= 4 is 32.5 Å². The van der Waals surface area contributed by atoms with Crippen LogP contribution in [0.25, 0.3) is 0 Å². The van der Waals surface area contributed by atoms with E-state index in [0.29, 0.717) is 17.7 Å². The number of benzene rings is 2. The molecule has 5 nitrogen and oxygen atoms in total. The number of rotatable bonds is 7. The van der Waals surface area contributed by atoms with Crippen molar-refractivity contribution in [3.63, 3.8) is 0 Å². The maximum Gasteiger partial charge on any atom is 0.321 e. The topological polar surface area (TPSA) is 69.7 Å². The zero-order valence-electron chi connectivity index (χ0n) is 14.5. The largest absolute Gasteiger partial charge is 0.496 e. The molecule has 0 heterocycles. The molecule has 2 rings (SSSR count). The van der Waals surface area contributed by atoms with Crippen molar-refractivity contribution in [3.8, 4) is 5.75 Å². The second kappa shape index (κ2) is 11.4. The summed E-state index contributed by atoms with van der Waals surface area (Å²) in [6.45, 7) is 2.15. The molecule has 2 aromatic carbocycles. The Hall–Kier alpha value is -2.23. The lowest BCUT2D eigenvalue weighted by Gasteiger charge is -2.17. The molecular formula is C19H20ClO5P. The highest BCUT2D eigenvalue weighted by atomic mass is 35.5. The van der Waals surface area contributed by atoms with E-state index in [1.165, 1.54) is 7.11 Å². The number of methoxy groups -OCH3 is 1. The molecule has 0 aliphatic heterocycles. The minimum absolute atomic E-state index is 0.184. The van der Waals surface area contributed by atoms with Gasteiger partial charge in [-0.1, -0.05) is 54.9 Å². The molecule has 7 heteroatoms. The first kappa shape index (κ1) is 21.8. The van der Waals surface area contributed by atoms with Crippen LogP contribution in [0.5, 0.6) is 5.75 Å². The van der Waals surface area contributed by atoms with E-state index in [1.54, 1.807) is 51.6 Å². The fraction of sp³-hybridized carbons (Fsp3) is 0.263. The molecule has 0 spiro atoms. The number of ketones is 1. The third-order valence-corrected chi connectivity index (χ3v) is 3.84. The first-order valence-corrected chi connectivity index (χ1v) is 8.67. The van der Waals surface area contributed by atoms with Crippen molar-refractivity contribution in [2.24, 2.45) is 0 Å². The summed E-state index contributed by atoms with van der Waals surface area (Å²) in [7, 11) is 3.18. The number of carbonyl (C=O) groups excluding carboxylic acids is 2. The van der Waals surface area contributed by atoms with Gasteiger partial charge in [0.2, 0.25) is 0 Å². The van der Waals surface area contributed by atoms with Gasteiger partial charge in [0.05, 0.1) is 24.3 Å². The molecule has 0 saturated heterocycles. The Balaban J connectivity index is 0.00000163. The average Bonchev–Trinajstić information content (AvgIpc) is 2.68. The monoisotopic (exact) mass is 394 g/mol. The van der Waals surface area contributed by atoms with Gasteiger partial charge in [0.25, 0.3) is 0 Å². The number of halogens is 1. The highest BCUT2D eigenvalue weighted by Crippen LogP contribution is 2.32. The van der Waals surface area contributed by atoms with Gasteiger partial charge in [0.15, 0.2) is 5.78 Å². The lowest BCUT2D eigenvalue weighted by molar-refractivity contribution is -0.144. The Bertz CT molecular complexity index is 736. The lowest BCUT2D eigenvalue weighted by atomic mass is 9.90. The second-order valence-electron chi connectivity index (χ2n) is 5.19. The Morgan fingerprint density at radius 3 is 2.31 bits per heavy atom. The first-order chi connectivity index (χ1) is 12.6. The van der Waals surface area contributed by atoms with E-state index < -0.39 is 17.7 Å². The van der Waals surface area contributed by atoms with E-state index in [2.05, 4.69) is 0 Å². The third-order valence-electron chi connectivity index (χ3n) is 3.52. The summed E-state index contributed by atoms with van der Waals surface area (Å²) in [6.07, 6.45) is 0.677. The van der Waals surface area contributed by atoms with Crippen LogP contribution in [0.15, 0.2) is 48.5 Å². The molecule has 1 atom stereocenters. The van der Waals surface area contributed by atoms with Crippen molar-refractivity contribution in [1.29, 1.82) is 0 Å². The minimum Gasteiger partial charge on any atom is -0.496 e.